The summed E-state index contributed by atoms with van der Waals surface area (Å²) in [5, 5.41) is 0. The molecule has 0 aromatic heterocycles. The van der Waals surface area contributed by atoms with Gasteiger partial charge in [-0.3, -0.25) is 0 Å². The third-order valence-electron chi connectivity index (χ3n) is 3.81. The lowest BCUT2D eigenvalue weighted by Gasteiger charge is -2.25. The molecule has 3 nitrogen and oxygen atoms in total. The second kappa shape index (κ2) is 4.94. The van der Waals surface area contributed by atoms with Gasteiger partial charge in [0, 0.05) is 12.0 Å². The molecule has 0 amide bonds. The molecular weight excluding hydrogens is 285 g/mol. The number of hydrogen-bond acceptors (Lipinski definition) is 3. The first kappa shape index (κ1) is 14.3. The van der Waals surface area contributed by atoms with Gasteiger partial charge in [-0.05, 0) is 30.5 Å². The predicted molar refractivity (Wildman–Crippen MR) is 69.6 cm³/mol. The quantitative estimate of drug-likeness (QED) is 0.793. The molecule has 1 heterocycles. The van der Waals surface area contributed by atoms with Gasteiger partial charge in [0.25, 0.3) is 0 Å². The molecule has 1 aliphatic carbocycles. The van der Waals surface area contributed by atoms with Crippen LogP contribution in [0.5, 0.6) is 5.75 Å². The number of epoxide rings is 1. The molecule has 21 heavy (non-hydrogen) atoms. The molecule has 0 unspecified atom stereocenters. The number of alkyl halides is 3. The van der Waals surface area contributed by atoms with Gasteiger partial charge in [-0.1, -0.05) is 12.1 Å². The Morgan fingerprint density at radius 3 is 2.67 bits per heavy atom. The Kier molecular flexibility index (Phi) is 3.36. The Balaban J connectivity index is 1.99. The zero-order valence-electron chi connectivity index (χ0n) is 11.5. The van der Waals surface area contributed by atoms with Crippen molar-refractivity contribution in [1.82, 2.24) is 0 Å². The minimum absolute atomic E-state index is 0.232. The summed E-state index contributed by atoms with van der Waals surface area (Å²) >= 11 is 0. The summed E-state index contributed by atoms with van der Waals surface area (Å²) in [7, 11) is 1.58. The fourth-order valence-electron chi connectivity index (χ4n) is 2.89. The summed E-state index contributed by atoms with van der Waals surface area (Å²) < 4.78 is 52.0. The van der Waals surface area contributed by atoms with Crippen LogP contribution < -0.4 is 4.74 Å². The van der Waals surface area contributed by atoms with Crippen molar-refractivity contribution >= 4 is 5.57 Å². The Morgan fingerprint density at radius 1 is 1.29 bits per heavy atom. The molecule has 6 heteroatoms. The first-order valence-corrected chi connectivity index (χ1v) is 6.71. The van der Waals surface area contributed by atoms with Gasteiger partial charge in [-0.2, -0.15) is 0 Å². The third-order valence-corrected chi connectivity index (χ3v) is 3.81. The molecule has 1 spiro atoms. The van der Waals surface area contributed by atoms with Crippen molar-refractivity contribution in [3.05, 3.63) is 35.6 Å². The Hall–Kier alpha value is -1.69. The third kappa shape index (κ3) is 2.85. The van der Waals surface area contributed by atoms with Crippen LogP contribution in [0.1, 0.15) is 24.8 Å². The van der Waals surface area contributed by atoms with Crippen molar-refractivity contribution in [2.75, 3.05) is 13.7 Å². The highest BCUT2D eigenvalue weighted by Crippen LogP contribution is 2.50. The van der Waals surface area contributed by atoms with Crippen LogP contribution in [0.4, 0.5) is 13.2 Å². The molecule has 1 aliphatic heterocycles. The zero-order valence-corrected chi connectivity index (χ0v) is 11.5. The van der Waals surface area contributed by atoms with E-state index in [-0.39, 0.29) is 11.4 Å². The molecule has 0 bridgehead atoms. The van der Waals surface area contributed by atoms with Gasteiger partial charge in [0.05, 0.1) is 13.7 Å². The minimum atomic E-state index is -4.70. The molecular formula is C15H15F3O3. The fourth-order valence-corrected chi connectivity index (χ4v) is 2.89. The van der Waals surface area contributed by atoms with Gasteiger partial charge in [0.1, 0.15) is 17.1 Å². The zero-order chi connectivity index (χ0) is 15.1. The molecule has 0 saturated carbocycles. The number of halogens is 3. The van der Waals surface area contributed by atoms with Crippen LogP contribution in [0.3, 0.4) is 0 Å². The van der Waals surface area contributed by atoms with Gasteiger partial charge in [0.2, 0.25) is 0 Å². The molecule has 3 rings (SSSR count). The van der Waals surface area contributed by atoms with Crippen LogP contribution in [0.15, 0.2) is 30.0 Å². The van der Waals surface area contributed by atoms with Crippen molar-refractivity contribution in [1.29, 1.82) is 0 Å². The van der Waals surface area contributed by atoms with Gasteiger partial charge in [-0.25, -0.2) is 0 Å². The molecule has 0 N–H and O–H groups in total. The lowest BCUT2D eigenvalue weighted by Crippen LogP contribution is -2.21. The second-order valence-electron chi connectivity index (χ2n) is 5.21. The van der Waals surface area contributed by atoms with E-state index in [9.17, 15) is 13.2 Å². The smallest absolute Gasteiger partial charge is 0.501 e. The highest BCUT2D eigenvalue weighted by molar-refractivity contribution is 5.77. The molecule has 2 aliphatic rings. The van der Waals surface area contributed by atoms with E-state index >= 15 is 0 Å². The van der Waals surface area contributed by atoms with Crippen LogP contribution in [0, 0.1) is 0 Å². The second-order valence-corrected chi connectivity index (χ2v) is 5.21. The Morgan fingerprint density at radius 2 is 2.05 bits per heavy atom. The first-order valence-electron chi connectivity index (χ1n) is 6.71. The van der Waals surface area contributed by atoms with Crippen molar-refractivity contribution in [2.45, 2.75) is 31.2 Å². The molecule has 1 aromatic rings. The number of rotatable bonds is 3. The Labute approximate surface area is 120 Å². The Bertz CT molecular complexity index is 574. The van der Waals surface area contributed by atoms with Crippen LogP contribution >= 0.6 is 0 Å². The number of ether oxygens (including phenoxy) is 3. The minimum Gasteiger partial charge on any atom is -0.501 e. The van der Waals surface area contributed by atoms with Crippen LogP contribution in [0.25, 0.3) is 5.57 Å². The lowest BCUT2D eigenvalue weighted by molar-refractivity contribution is -0.274. The highest BCUT2D eigenvalue weighted by Gasteiger charge is 2.51. The normalized spacial score (nSPS) is 25.1. The average molecular weight is 300 g/mol. The largest absolute Gasteiger partial charge is 0.573 e. The van der Waals surface area contributed by atoms with E-state index in [2.05, 4.69) is 4.74 Å². The predicted octanol–water partition coefficient (Wildman–Crippen LogP) is 3.90. The lowest BCUT2D eigenvalue weighted by atomic mass is 9.82. The van der Waals surface area contributed by atoms with Gasteiger partial charge in [-0.15, -0.1) is 13.2 Å². The maximum atomic E-state index is 12.3. The average Bonchev–Trinajstić information content (AvgIpc) is 3.16. The summed E-state index contributed by atoms with van der Waals surface area (Å²) in [6, 6.07) is 5.97. The summed E-state index contributed by atoms with van der Waals surface area (Å²) in [5.74, 6) is 0.548. The van der Waals surface area contributed by atoms with E-state index in [0.29, 0.717) is 12.2 Å². The van der Waals surface area contributed by atoms with Crippen molar-refractivity contribution < 1.29 is 27.4 Å². The first-order chi connectivity index (χ1) is 9.93. The van der Waals surface area contributed by atoms with E-state index in [1.54, 1.807) is 19.2 Å². The molecule has 1 aromatic carbocycles. The number of benzene rings is 1. The number of hydrogen-bond donors (Lipinski definition) is 0. The molecule has 1 saturated heterocycles. The summed E-state index contributed by atoms with van der Waals surface area (Å²) in [6.45, 7) is 0.583. The van der Waals surface area contributed by atoms with Crippen LogP contribution in [-0.2, 0) is 9.47 Å². The maximum Gasteiger partial charge on any atom is 0.573 e. The SMILES string of the molecule is COC1=C(c2cccc(OC(F)(F)F)c2)[C@]2(CCC1)CO2. The number of methoxy groups -OCH3 is 1. The molecule has 114 valence electrons. The highest BCUT2D eigenvalue weighted by atomic mass is 19.4. The van der Waals surface area contributed by atoms with E-state index in [1.807, 2.05) is 0 Å². The van der Waals surface area contributed by atoms with E-state index in [1.165, 1.54) is 12.1 Å². The topological polar surface area (TPSA) is 31.0 Å². The number of allylic oxidation sites excluding steroid dienone is 1. The van der Waals surface area contributed by atoms with Gasteiger partial charge < -0.3 is 14.2 Å². The van der Waals surface area contributed by atoms with Crippen LogP contribution in [-0.4, -0.2) is 25.7 Å². The van der Waals surface area contributed by atoms with Crippen molar-refractivity contribution in [2.24, 2.45) is 0 Å². The summed E-state index contributed by atoms with van der Waals surface area (Å²) in [6.07, 6.45) is -2.12. The molecule has 1 fully saturated rings. The van der Waals surface area contributed by atoms with Crippen molar-refractivity contribution in [3.63, 3.8) is 0 Å². The monoisotopic (exact) mass is 300 g/mol. The molecule has 1 atom stereocenters. The van der Waals surface area contributed by atoms with Gasteiger partial charge in [0.15, 0.2) is 0 Å². The van der Waals surface area contributed by atoms with E-state index in [4.69, 9.17) is 9.47 Å². The van der Waals surface area contributed by atoms with E-state index < -0.39 is 6.36 Å². The van der Waals surface area contributed by atoms with Crippen molar-refractivity contribution in [3.8, 4) is 5.75 Å². The van der Waals surface area contributed by atoms with Crippen LogP contribution in [0.2, 0.25) is 0 Å². The maximum absolute atomic E-state index is 12.3. The standard InChI is InChI=1S/C15H15F3O3/c1-19-12-6-3-7-14(9-20-14)13(12)10-4-2-5-11(8-10)21-15(16,17)18/h2,4-5,8H,3,6-7,9H2,1H3/t14-/m0/s1. The summed E-state index contributed by atoms with van der Waals surface area (Å²) in [4.78, 5) is 0. The molecule has 0 radical (unpaired) electrons. The summed E-state index contributed by atoms with van der Waals surface area (Å²) in [5.41, 5.74) is 1.12. The van der Waals surface area contributed by atoms with E-state index in [0.717, 1.165) is 30.6 Å². The fraction of sp³-hybridized carbons (Fsp3) is 0.467. The van der Waals surface area contributed by atoms with Gasteiger partial charge >= 0.3 is 6.36 Å².